The lowest BCUT2D eigenvalue weighted by atomic mass is 9.66. The second kappa shape index (κ2) is 10.1. The predicted molar refractivity (Wildman–Crippen MR) is 149 cm³/mol. The summed E-state index contributed by atoms with van der Waals surface area (Å²) < 4.78 is 80.3. The molecule has 3 aliphatic rings. The number of ether oxygens (including phenoxy) is 1. The number of aromatic nitrogens is 3. The van der Waals surface area contributed by atoms with E-state index in [0.717, 1.165) is 13.9 Å². The summed E-state index contributed by atoms with van der Waals surface area (Å²) in [4.78, 5) is 48.3. The maximum atomic E-state index is 15.0. The third-order valence-corrected chi connectivity index (χ3v) is 9.85. The first-order valence-corrected chi connectivity index (χ1v) is 13.8. The van der Waals surface area contributed by atoms with Crippen molar-refractivity contribution in [3.8, 4) is 11.5 Å². The number of alkyl halides is 2. The molecule has 236 valence electrons. The number of phenolic OH excluding ortho intramolecular Hbond substituents is 1. The highest BCUT2D eigenvalue weighted by molar-refractivity contribution is 6.58. The fraction of sp³-hybridized carbons (Fsp3) is 0.286. The van der Waals surface area contributed by atoms with E-state index in [4.69, 9.17) is 27.9 Å². The number of nitrogens with zero attached hydrogens (tertiary/aromatic N) is 4. The number of benzene rings is 2. The molecule has 1 N–H and O–H groups in total. The van der Waals surface area contributed by atoms with Gasteiger partial charge in [0.1, 0.15) is 5.69 Å². The highest BCUT2D eigenvalue weighted by Gasteiger charge is 2.75. The third kappa shape index (κ3) is 3.86. The van der Waals surface area contributed by atoms with E-state index in [-0.39, 0.29) is 28.5 Å². The van der Waals surface area contributed by atoms with Crippen molar-refractivity contribution in [3.05, 3.63) is 91.5 Å². The minimum absolute atomic E-state index is 0.0623. The number of fused-ring (bicyclic) bond motifs is 4. The maximum Gasteiger partial charge on any atom is 0.347 e. The van der Waals surface area contributed by atoms with E-state index in [2.05, 4.69) is 0 Å². The molecule has 2 aliphatic heterocycles. The van der Waals surface area contributed by atoms with Crippen molar-refractivity contribution < 1.29 is 41.4 Å². The summed E-state index contributed by atoms with van der Waals surface area (Å²) in [5.74, 6) is -17.1. The van der Waals surface area contributed by atoms with Gasteiger partial charge in [0, 0.05) is 19.4 Å². The van der Waals surface area contributed by atoms with Gasteiger partial charge in [-0.1, -0.05) is 24.3 Å². The molecule has 3 aromatic rings. The van der Waals surface area contributed by atoms with Crippen LogP contribution in [0.25, 0.3) is 6.08 Å². The number of methoxy groups -OCH3 is 1. The first-order chi connectivity index (χ1) is 21.1. The monoisotopic (exact) mass is 672 g/mol. The van der Waals surface area contributed by atoms with E-state index < -0.39 is 86.1 Å². The molecule has 0 unspecified atom stereocenters. The zero-order valence-corrected chi connectivity index (χ0v) is 24.5. The molecule has 2 aromatic carbocycles. The minimum Gasteiger partial charge on any atom is -0.504 e. The van der Waals surface area contributed by atoms with E-state index in [0.29, 0.717) is 5.56 Å². The van der Waals surface area contributed by atoms with E-state index in [9.17, 15) is 46.2 Å². The molecule has 1 saturated heterocycles. The van der Waals surface area contributed by atoms with Gasteiger partial charge in [-0.3, -0.25) is 9.59 Å². The van der Waals surface area contributed by atoms with Gasteiger partial charge in [0.2, 0.25) is 5.82 Å². The zero-order chi connectivity index (χ0) is 32.9. The summed E-state index contributed by atoms with van der Waals surface area (Å²) in [6.45, 7) is -0.191. The summed E-state index contributed by atoms with van der Waals surface area (Å²) in [6.07, 6.45) is 3.48. The summed E-state index contributed by atoms with van der Waals surface area (Å²) in [6, 6.07) is 2.92. The number of amides is 2. The van der Waals surface area contributed by atoms with Gasteiger partial charge in [-0.25, -0.2) is 50.4 Å². The second-order valence-corrected chi connectivity index (χ2v) is 11.9. The van der Waals surface area contributed by atoms with Crippen LogP contribution in [-0.2, 0) is 23.2 Å². The third-order valence-electron chi connectivity index (χ3n) is 8.42. The fourth-order valence-corrected chi connectivity index (χ4v) is 7.06. The van der Waals surface area contributed by atoms with Crippen LogP contribution in [0.2, 0.25) is 0 Å². The molecule has 1 saturated carbocycles. The topological polar surface area (TPSA) is 116 Å². The number of aromatic hydroxyl groups is 1. The number of rotatable bonds is 4. The molecule has 1 aliphatic carbocycles. The molecule has 0 spiro atoms. The Bertz CT molecular complexity index is 2010. The summed E-state index contributed by atoms with van der Waals surface area (Å²) in [7, 11) is 2.50. The average molecular weight is 673 g/mol. The molecule has 1 aromatic heterocycles. The van der Waals surface area contributed by atoms with Gasteiger partial charge < -0.3 is 9.84 Å². The Morgan fingerprint density at radius 2 is 1.58 bits per heavy atom. The number of allylic oxidation sites excluding steroid dienone is 3. The molecule has 6 rings (SSSR count). The van der Waals surface area contributed by atoms with Crippen LogP contribution in [0.1, 0.15) is 18.0 Å². The van der Waals surface area contributed by atoms with Crippen LogP contribution < -0.4 is 21.0 Å². The van der Waals surface area contributed by atoms with Crippen molar-refractivity contribution in [2.24, 2.45) is 13.0 Å². The molecule has 0 radical (unpaired) electrons. The van der Waals surface area contributed by atoms with Crippen molar-refractivity contribution in [2.45, 2.75) is 28.8 Å². The van der Waals surface area contributed by atoms with Gasteiger partial charge in [-0.15, -0.1) is 23.2 Å². The number of hydrogen-bond donors (Lipinski definition) is 1. The predicted octanol–water partition coefficient (Wildman–Crippen LogP) is 3.50. The van der Waals surface area contributed by atoms with Gasteiger partial charge >= 0.3 is 11.4 Å². The molecular weight excluding hydrogens is 654 g/mol. The highest BCUT2D eigenvalue weighted by Crippen LogP contribution is 2.61. The maximum absolute atomic E-state index is 15.0. The Kier molecular flexibility index (Phi) is 6.86. The standard InChI is InChI=1S/C28H19Cl2F5N4O6/c1-36-25(43)37-8-7-12-13(5-3-11-4-6-15(40)16(9-11)45-2)28(30)24(42)38(22-20(34)18(32)17(31)19(33)21(22)35)23(41)27(28,29)10-14(12)39(37)26(36)44/h3-7,9,13-14,40H,8,10H2,1-2H3/t13-,14+,27+,28-/m0/s1. The van der Waals surface area contributed by atoms with Crippen LogP contribution in [0.5, 0.6) is 11.5 Å². The smallest absolute Gasteiger partial charge is 0.347 e. The van der Waals surface area contributed by atoms with E-state index >= 15 is 0 Å². The minimum atomic E-state index is -2.65. The van der Waals surface area contributed by atoms with Crippen molar-refractivity contribution in [1.82, 2.24) is 13.9 Å². The number of anilines is 1. The number of carbonyl (C=O) groups excluding carboxylic acids is 2. The summed E-state index contributed by atoms with van der Waals surface area (Å²) in [5.41, 5.74) is -2.84. The number of imide groups is 1. The Morgan fingerprint density at radius 1 is 0.956 bits per heavy atom. The number of phenols is 1. The average Bonchev–Trinajstić information content (AvgIpc) is 3.33. The van der Waals surface area contributed by atoms with Crippen molar-refractivity contribution in [1.29, 1.82) is 0 Å². The fourth-order valence-electron chi connectivity index (χ4n) is 6.19. The van der Waals surface area contributed by atoms with Crippen LogP contribution in [0.15, 0.2) is 45.5 Å². The number of hydrogen-bond acceptors (Lipinski definition) is 6. The molecule has 0 bridgehead atoms. The Morgan fingerprint density at radius 3 is 2.20 bits per heavy atom. The lowest BCUT2D eigenvalue weighted by Crippen LogP contribution is -2.60. The Hall–Kier alpha value is -4.37. The Labute approximate surface area is 258 Å². The van der Waals surface area contributed by atoms with E-state index in [1.807, 2.05) is 0 Å². The van der Waals surface area contributed by atoms with Gasteiger partial charge in [0.05, 0.1) is 19.7 Å². The molecule has 17 heteroatoms. The lowest BCUT2D eigenvalue weighted by Gasteiger charge is -2.47. The quantitative estimate of drug-likeness (QED) is 0.113. The molecule has 2 amide bonds. The SMILES string of the molecule is COc1cc(C=C[C@H]2C3=CCn4c(=O)n(C)c(=O)n4[C@@H]3C[C@@]3(Cl)C(=O)N(c4c(F)c(F)c(F)c(F)c4F)C(=O)[C@@]23Cl)ccc1O. The molecule has 2 fully saturated rings. The van der Waals surface area contributed by atoms with Crippen molar-refractivity contribution >= 4 is 46.8 Å². The van der Waals surface area contributed by atoms with Crippen molar-refractivity contribution in [2.75, 3.05) is 12.0 Å². The molecular formula is C28H19Cl2F5N4O6. The van der Waals surface area contributed by atoms with Gasteiger partial charge in [-0.05, 0) is 23.3 Å². The van der Waals surface area contributed by atoms with E-state index in [1.165, 1.54) is 50.6 Å². The van der Waals surface area contributed by atoms with Crippen LogP contribution >= 0.6 is 23.2 Å². The molecule has 3 heterocycles. The second-order valence-electron chi connectivity index (χ2n) is 10.6. The zero-order valence-electron chi connectivity index (χ0n) is 23.0. The molecule has 10 nitrogen and oxygen atoms in total. The van der Waals surface area contributed by atoms with Gasteiger partial charge in [0.15, 0.2) is 44.5 Å². The first kappa shape index (κ1) is 30.6. The Balaban J connectivity index is 1.59. The number of halogens is 7. The van der Waals surface area contributed by atoms with Crippen molar-refractivity contribution in [3.63, 3.8) is 0 Å². The highest BCUT2D eigenvalue weighted by atomic mass is 35.5. The summed E-state index contributed by atoms with van der Waals surface area (Å²) in [5, 5.41) is 9.97. The molecule has 4 atom stereocenters. The lowest BCUT2D eigenvalue weighted by molar-refractivity contribution is -0.122. The summed E-state index contributed by atoms with van der Waals surface area (Å²) >= 11 is 13.9. The molecule has 45 heavy (non-hydrogen) atoms. The van der Waals surface area contributed by atoms with Crippen LogP contribution in [0.4, 0.5) is 27.6 Å². The first-order valence-electron chi connectivity index (χ1n) is 13.0. The van der Waals surface area contributed by atoms with Crippen LogP contribution in [0.3, 0.4) is 0 Å². The van der Waals surface area contributed by atoms with Crippen LogP contribution in [-0.4, -0.2) is 47.7 Å². The van der Waals surface area contributed by atoms with E-state index in [1.54, 1.807) is 0 Å². The van der Waals surface area contributed by atoms with Gasteiger partial charge in [0.25, 0.3) is 11.8 Å². The number of carbonyl (C=O) groups is 2. The van der Waals surface area contributed by atoms with Gasteiger partial charge in [-0.2, -0.15) is 0 Å². The van der Waals surface area contributed by atoms with Crippen LogP contribution in [0, 0.1) is 35.0 Å². The normalized spacial score (nSPS) is 25.8. The largest absolute Gasteiger partial charge is 0.504 e.